The fourth-order valence-electron chi connectivity index (χ4n) is 3.46. The van der Waals surface area contributed by atoms with Crippen LogP contribution in [0.1, 0.15) is 45.6 Å². The van der Waals surface area contributed by atoms with E-state index < -0.39 is 29.2 Å². The first-order valence-corrected chi connectivity index (χ1v) is 10.1. The zero-order valence-electron chi connectivity index (χ0n) is 18.2. The summed E-state index contributed by atoms with van der Waals surface area (Å²) in [4.78, 5) is 39.2. The van der Waals surface area contributed by atoms with Crippen molar-refractivity contribution in [1.82, 2.24) is 4.90 Å². The maximum Gasteiger partial charge on any atom is 0.410 e. The maximum absolute atomic E-state index is 12.8. The highest BCUT2D eigenvalue weighted by atomic mass is 16.6. The molecule has 166 valence electrons. The molecule has 1 unspecified atom stereocenters. The van der Waals surface area contributed by atoms with Crippen molar-refractivity contribution in [2.75, 3.05) is 20.2 Å². The number of likely N-dealkylation sites (tertiary alicyclic amines) is 1. The molecule has 2 rings (SSSR count). The van der Waals surface area contributed by atoms with E-state index in [1.54, 1.807) is 25.7 Å². The van der Waals surface area contributed by atoms with E-state index in [9.17, 15) is 14.4 Å². The van der Waals surface area contributed by atoms with E-state index in [-0.39, 0.29) is 18.9 Å². The van der Waals surface area contributed by atoms with Crippen LogP contribution in [0, 0.1) is 5.92 Å². The van der Waals surface area contributed by atoms with Gasteiger partial charge in [0.25, 0.3) is 0 Å². The van der Waals surface area contributed by atoms with Gasteiger partial charge in [0.1, 0.15) is 12.2 Å². The second kappa shape index (κ2) is 9.93. The van der Waals surface area contributed by atoms with Gasteiger partial charge in [-0.2, -0.15) is 0 Å². The van der Waals surface area contributed by atoms with Crippen molar-refractivity contribution in [2.24, 2.45) is 11.7 Å². The van der Waals surface area contributed by atoms with Gasteiger partial charge in [0, 0.05) is 13.1 Å². The van der Waals surface area contributed by atoms with Gasteiger partial charge < -0.3 is 24.8 Å². The van der Waals surface area contributed by atoms with Gasteiger partial charge in [-0.25, -0.2) is 14.4 Å². The van der Waals surface area contributed by atoms with Crippen LogP contribution in [0.3, 0.4) is 0 Å². The monoisotopic (exact) mass is 420 g/mol. The van der Waals surface area contributed by atoms with Crippen LogP contribution in [0.15, 0.2) is 30.3 Å². The molecule has 8 heteroatoms. The highest BCUT2D eigenvalue weighted by Crippen LogP contribution is 2.27. The van der Waals surface area contributed by atoms with Crippen molar-refractivity contribution in [3.05, 3.63) is 35.9 Å². The number of nitrogens with two attached hydrogens (primary N) is 1. The smallest absolute Gasteiger partial charge is 0.410 e. The molecule has 0 saturated carbocycles. The molecule has 1 aromatic carbocycles. The van der Waals surface area contributed by atoms with Crippen LogP contribution in [-0.2, 0) is 30.4 Å². The molecule has 1 aliphatic rings. The summed E-state index contributed by atoms with van der Waals surface area (Å²) in [6.07, 6.45) is 1.05. The quantitative estimate of drug-likeness (QED) is 0.428. The van der Waals surface area contributed by atoms with Crippen LogP contribution in [-0.4, -0.2) is 54.3 Å². The Balaban J connectivity index is 2.06. The summed E-state index contributed by atoms with van der Waals surface area (Å²) in [6, 6.07) is 9.12. The summed E-state index contributed by atoms with van der Waals surface area (Å²) in [5.74, 6) is -1.86. The molecule has 0 spiro atoms. The summed E-state index contributed by atoms with van der Waals surface area (Å²) >= 11 is 0. The van der Waals surface area contributed by atoms with E-state index in [4.69, 9.17) is 19.9 Å². The van der Waals surface area contributed by atoms with Gasteiger partial charge in [0.15, 0.2) is 0 Å². The summed E-state index contributed by atoms with van der Waals surface area (Å²) in [7, 11) is 1.18. The van der Waals surface area contributed by atoms with E-state index in [0.29, 0.717) is 13.1 Å². The predicted molar refractivity (Wildman–Crippen MR) is 110 cm³/mol. The summed E-state index contributed by atoms with van der Waals surface area (Å²) in [6.45, 7) is 6.31. The Morgan fingerprint density at radius 1 is 1.13 bits per heavy atom. The van der Waals surface area contributed by atoms with Crippen molar-refractivity contribution >= 4 is 18.0 Å². The Kier molecular flexibility index (Phi) is 7.83. The number of benzene rings is 1. The fourth-order valence-corrected chi connectivity index (χ4v) is 3.46. The molecule has 0 bridgehead atoms. The standard InChI is InChI=1S/C22H32N2O6/c1-21(2,3)30-20(27)24-12-8-11-17(14-24)13-22(23,18(25)28-4)19(26)29-15-16-9-6-5-7-10-16/h5-7,9-10,17H,8,11-15,23H2,1-4H3/t17-,22?/m0/s1. The second-order valence-corrected chi connectivity index (χ2v) is 8.66. The Morgan fingerprint density at radius 3 is 2.40 bits per heavy atom. The van der Waals surface area contributed by atoms with Crippen molar-refractivity contribution in [3.8, 4) is 0 Å². The zero-order valence-corrected chi connectivity index (χ0v) is 18.2. The number of carbonyl (C=O) groups excluding carboxylic acids is 3. The summed E-state index contributed by atoms with van der Waals surface area (Å²) in [5, 5.41) is 0. The molecule has 1 saturated heterocycles. The first-order valence-electron chi connectivity index (χ1n) is 10.1. The van der Waals surface area contributed by atoms with Crippen LogP contribution in [0.2, 0.25) is 0 Å². The predicted octanol–water partition coefficient (Wildman–Crippen LogP) is 2.64. The highest BCUT2D eigenvalue weighted by Gasteiger charge is 2.47. The van der Waals surface area contributed by atoms with Gasteiger partial charge in [-0.1, -0.05) is 30.3 Å². The Morgan fingerprint density at radius 2 is 1.80 bits per heavy atom. The number of nitrogens with zero attached hydrogens (tertiary/aromatic N) is 1. The number of carbonyl (C=O) groups is 3. The van der Waals surface area contributed by atoms with E-state index in [2.05, 4.69) is 0 Å². The number of esters is 2. The third-order valence-electron chi connectivity index (χ3n) is 4.91. The first-order chi connectivity index (χ1) is 14.0. The Bertz CT molecular complexity index is 746. The van der Waals surface area contributed by atoms with E-state index in [1.165, 1.54) is 7.11 Å². The minimum atomic E-state index is -1.94. The zero-order chi connectivity index (χ0) is 22.4. The molecule has 2 N–H and O–H groups in total. The average Bonchev–Trinajstić information content (AvgIpc) is 2.70. The van der Waals surface area contributed by atoms with Crippen LogP contribution in [0.25, 0.3) is 0 Å². The number of methoxy groups -OCH3 is 1. The lowest BCUT2D eigenvalue weighted by atomic mass is 9.83. The van der Waals surface area contributed by atoms with Crippen molar-refractivity contribution in [2.45, 2.75) is 57.8 Å². The molecular formula is C22H32N2O6. The minimum absolute atomic E-state index is 0.00428. The van der Waals surface area contributed by atoms with Gasteiger partial charge in [-0.15, -0.1) is 0 Å². The van der Waals surface area contributed by atoms with Gasteiger partial charge in [-0.3, -0.25) is 0 Å². The second-order valence-electron chi connectivity index (χ2n) is 8.66. The van der Waals surface area contributed by atoms with Crippen molar-refractivity contribution in [1.29, 1.82) is 0 Å². The van der Waals surface area contributed by atoms with Crippen LogP contribution < -0.4 is 5.73 Å². The highest BCUT2D eigenvalue weighted by molar-refractivity contribution is 6.04. The molecule has 1 heterocycles. The van der Waals surface area contributed by atoms with Crippen LogP contribution in [0.4, 0.5) is 4.79 Å². The molecular weight excluding hydrogens is 388 g/mol. The SMILES string of the molecule is COC(=O)C(N)(C[C@@H]1CCCN(C(=O)OC(C)(C)C)C1)C(=O)OCc1ccccc1. The van der Waals surface area contributed by atoms with Crippen LogP contribution in [0.5, 0.6) is 0 Å². The lowest BCUT2D eigenvalue weighted by Gasteiger charge is -2.36. The van der Waals surface area contributed by atoms with Crippen LogP contribution >= 0.6 is 0 Å². The Hall–Kier alpha value is -2.61. The van der Waals surface area contributed by atoms with Gasteiger partial charge >= 0.3 is 18.0 Å². The summed E-state index contributed by atoms with van der Waals surface area (Å²) < 4.78 is 15.6. The first kappa shape index (κ1) is 23.7. The molecule has 2 atom stereocenters. The molecule has 0 aliphatic carbocycles. The Labute approximate surface area is 177 Å². The molecule has 8 nitrogen and oxygen atoms in total. The lowest BCUT2D eigenvalue weighted by molar-refractivity contribution is -0.165. The number of hydrogen-bond acceptors (Lipinski definition) is 7. The third kappa shape index (κ3) is 6.45. The van der Waals surface area contributed by atoms with E-state index in [1.807, 2.05) is 30.3 Å². The molecule has 1 aromatic rings. The van der Waals surface area contributed by atoms with Gasteiger partial charge in [-0.05, 0) is 51.5 Å². The number of amides is 1. The third-order valence-corrected chi connectivity index (χ3v) is 4.91. The van der Waals surface area contributed by atoms with E-state index >= 15 is 0 Å². The molecule has 1 fully saturated rings. The largest absolute Gasteiger partial charge is 0.467 e. The van der Waals surface area contributed by atoms with Gasteiger partial charge in [0.05, 0.1) is 7.11 Å². The summed E-state index contributed by atoms with van der Waals surface area (Å²) in [5.41, 5.74) is 4.47. The number of rotatable bonds is 6. The molecule has 0 aromatic heterocycles. The average molecular weight is 421 g/mol. The maximum atomic E-state index is 12.8. The normalized spacial score (nSPS) is 18.8. The van der Waals surface area contributed by atoms with Crippen molar-refractivity contribution in [3.63, 3.8) is 0 Å². The topological polar surface area (TPSA) is 108 Å². The lowest BCUT2D eigenvalue weighted by Crippen LogP contribution is -2.58. The minimum Gasteiger partial charge on any atom is -0.467 e. The molecule has 30 heavy (non-hydrogen) atoms. The van der Waals surface area contributed by atoms with E-state index in [0.717, 1.165) is 18.4 Å². The van der Waals surface area contributed by atoms with Gasteiger partial charge in [0.2, 0.25) is 5.54 Å². The molecule has 1 amide bonds. The number of piperidine rings is 1. The van der Waals surface area contributed by atoms with Crippen molar-refractivity contribution < 1.29 is 28.6 Å². The molecule has 1 aliphatic heterocycles. The molecule has 0 radical (unpaired) electrons. The number of ether oxygens (including phenoxy) is 3. The fraction of sp³-hybridized carbons (Fsp3) is 0.591. The number of hydrogen-bond donors (Lipinski definition) is 1.